The molecule has 0 aliphatic carbocycles. The number of nitrogens with zero attached hydrogens (tertiary/aromatic N) is 6. The van der Waals surface area contributed by atoms with Gasteiger partial charge in [-0.3, -0.25) is 9.88 Å². The maximum atomic E-state index is 17.0. The number of nitriles is 1. The number of nitrogens with two attached hydrogens (primary N) is 1. The number of rotatable bonds is 6. The van der Waals surface area contributed by atoms with Crippen LogP contribution in [-0.2, 0) is 4.74 Å². The molecule has 4 aromatic rings. The van der Waals surface area contributed by atoms with E-state index in [-0.39, 0.29) is 40.9 Å². The predicted molar refractivity (Wildman–Crippen MR) is 185 cm³/mol. The topological polar surface area (TPSA) is 125 Å². The van der Waals surface area contributed by atoms with Crippen molar-refractivity contribution in [3.63, 3.8) is 0 Å². The summed E-state index contributed by atoms with van der Waals surface area (Å²) in [6.07, 6.45) is 9.01. The van der Waals surface area contributed by atoms with Crippen LogP contribution >= 0.6 is 11.3 Å². The quantitative estimate of drug-likeness (QED) is 0.261. The number of nitrogen functional groups attached to an aromatic ring is 1. The molecule has 254 valence electrons. The van der Waals surface area contributed by atoms with E-state index in [1.807, 2.05) is 12.1 Å². The Bertz CT molecular complexity index is 2040. The van der Waals surface area contributed by atoms with E-state index in [1.54, 1.807) is 12.3 Å². The molecule has 10 nitrogen and oxygen atoms in total. The number of hydrogen-bond donors (Lipinski definition) is 2. The van der Waals surface area contributed by atoms with Crippen LogP contribution in [0.15, 0.2) is 36.3 Å². The fourth-order valence-corrected chi connectivity index (χ4v) is 10.4. The zero-order valence-corrected chi connectivity index (χ0v) is 28.0. The number of halogens is 2. The fraction of sp³-hybridized carbons (Fsp3) is 0.500. The molecule has 49 heavy (non-hydrogen) atoms. The molecule has 5 fully saturated rings. The Morgan fingerprint density at radius 2 is 2.10 bits per heavy atom. The number of ether oxygens (including phenoxy) is 2. The number of hydrogen-bond acceptors (Lipinski definition) is 11. The van der Waals surface area contributed by atoms with E-state index in [4.69, 9.17) is 25.2 Å². The summed E-state index contributed by atoms with van der Waals surface area (Å²) in [6, 6.07) is 8.03. The Balaban J connectivity index is 1.16. The molecule has 5 aliphatic heterocycles. The van der Waals surface area contributed by atoms with Crippen molar-refractivity contribution in [2.24, 2.45) is 5.92 Å². The van der Waals surface area contributed by atoms with Crippen molar-refractivity contribution in [2.75, 3.05) is 56.6 Å². The molecule has 1 aromatic carbocycles. The first-order valence-electron chi connectivity index (χ1n) is 17.2. The van der Waals surface area contributed by atoms with E-state index in [9.17, 15) is 9.65 Å². The summed E-state index contributed by atoms with van der Waals surface area (Å²) in [7, 11) is 0. The number of anilines is 2. The zero-order chi connectivity index (χ0) is 33.3. The van der Waals surface area contributed by atoms with Gasteiger partial charge in [-0.2, -0.15) is 15.2 Å². The first-order valence-corrected chi connectivity index (χ1v) is 18.1. The summed E-state index contributed by atoms with van der Waals surface area (Å²) >= 11 is 1.30. The summed E-state index contributed by atoms with van der Waals surface area (Å²) in [5.74, 6) is 0.475. The molecule has 3 atom stereocenters. The van der Waals surface area contributed by atoms with Crippen LogP contribution in [0.4, 0.5) is 19.6 Å². The third-order valence-electron chi connectivity index (χ3n) is 11.7. The minimum absolute atomic E-state index is 0.0820. The number of fused-ring (bicyclic) bond motifs is 5. The second kappa shape index (κ2) is 11.8. The normalized spacial score (nSPS) is 28.1. The maximum absolute atomic E-state index is 17.0. The average molecular weight is 685 g/mol. The SMILES string of the molecule is N#Cc1c(N)sc2cccc(-c3ncc4c(N5C[C@@H]6CC[C@](C7CCOCC7)(C5)N6)nc(OC[C@@]56CCCN5C/C(=C\F)C6)nc4c3F)c12. The molecular formula is C36H38F2N8O2S. The molecule has 2 bridgehead atoms. The molecule has 0 spiro atoms. The maximum Gasteiger partial charge on any atom is 0.319 e. The Kier molecular flexibility index (Phi) is 7.50. The number of aromatic nitrogens is 3. The second-order valence-electron chi connectivity index (χ2n) is 14.4. The lowest BCUT2D eigenvalue weighted by Gasteiger charge is -2.47. The van der Waals surface area contributed by atoms with Crippen molar-refractivity contribution in [1.29, 1.82) is 5.26 Å². The molecule has 8 heterocycles. The minimum Gasteiger partial charge on any atom is -0.461 e. The van der Waals surface area contributed by atoms with E-state index >= 15 is 4.39 Å². The van der Waals surface area contributed by atoms with Gasteiger partial charge in [0, 0.05) is 66.3 Å². The van der Waals surface area contributed by atoms with Crippen LogP contribution in [0, 0.1) is 23.1 Å². The van der Waals surface area contributed by atoms with Gasteiger partial charge in [-0.1, -0.05) is 12.1 Å². The van der Waals surface area contributed by atoms with E-state index in [2.05, 4.69) is 26.2 Å². The fourth-order valence-electron chi connectivity index (χ4n) is 9.42. The number of thiophene rings is 1. The Hall–Kier alpha value is -3.96. The predicted octanol–water partition coefficient (Wildman–Crippen LogP) is 5.71. The summed E-state index contributed by atoms with van der Waals surface area (Å²) in [5, 5.41) is 15.4. The van der Waals surface area contributed by atoms with E-state index in [0.717, 1.165) is 88.0 Å². The van der Waals surface area contributed by atoms with Crippen LogP contribution in [-0.4, -0.2) is 83.0 Å². The van der Waals surface area contributed by atoms with Crippen molar-refractivity contribution in [1.82, 2.24) is 25.2 Å². The monoisotopic (exact) mass is 684 g/mol. The van der Waals surface area contributed by atoms with Gasteiger partial charge in [-0.25, -0.2) is 8.78 Å². The van der Waals surface area contributed by atoms with Gasteiger partial charge in [0.25, 0.3) is 0 Å². The number of nitrogens with one attached hydrogen (secondary N) is 1. The van der Waals surface area contributed by atoms with Crippen LogP contribution in [0.3, 0.4) is 0 Å². The summed E-state index contributed by atoms with van der Waals surface area (Å²) < 4.78 is 43.6. The van der Waals surface area contributed by atoms with Gasteiger partial charge in [-0.15, -0.1) is 11.3 Å². The lowest BCUT2D eigenvalue weighted by Crippen LogP contribution is -2.63. The Morgan fingerprint density at radius 1 is 1.22 bits per heavy atom. The molecular weight excluding hydrogens is 647 g/mol. The lowest BCUT2D eigenvalue weighted by molar-refractivity contribution is 0.0308. The van der Waals surface area contributed by atoms with Crippen molar-refractivity contribution >= 4 is 43.1 Å². The first kappa shape index (κ1) is 31.1. The highest BCUT2D eigenvalue weighted by molar-refractivity contribution is 7.23. The van der Waals surface area contributed by atoms with Gasteiger partial charge >= 0.3 is 6.01 Å². The molecule has 13 heteroatoms. The molecule has 0 unspecified atom stereocenters. The van der Waals surface area contributed by atoms with E-state index in [1.165, 1.54) is 11.3 Å². The van der Waals surface area contributed by atoms with Gasteiger partial charge in [0.2, 0.25) is 0 Å². The van der Waals surface area contributed by atoms with Gasteiger partial charge in [-0.05, 0) is 69.0 Å². The smallest absolute Gasteiger partial charge is 0.319 e. The molecule has 3 N–H and O–H groups in total. The highest BCUT2D eigenvalue weighted by Crippen LogP contribution is 2.45. The zero-order valence-electron chi connectivity index (χ0n) is 27.2. The Labute approximate surface area is 286 Å². The first-order chi connectivity index (χ1) is 23.9. The summed E-state index contributed by atoms with van der Waals surface area (Å²) in [6.45, 7) is 4.73. The van der Waals surface area contributed by atoms with E-state index in [0.29, 0.717) is 51.6 Å². The molecule has 3 aromatic heterocycles. The Morgan fingerprint density at radius 3 is 2.94 bits per heavy atom. The molecule has 0 amide bonds. The third-order valence-corrected chi connectivity index (χ3v) is 12.7. The highest BCUT2D eigenvalue weighted by Gasteiger charge is 2.50. The van der Waals surface area contributed by atoms with Crippen LogP contribution in [0.25, 0.3) is 32.2 Å². The van der Waals surface area contributed by atoms with E-state index < -0.39 is 5.82 Å². The third kappa shape index (κ3) is 4.98. The standard InChI is InChI=1S/C36H38F2N8O2S/c37-14-21-13-35(8-2-10-46(35)17-21)20-48-34-42-31-26(16-41-30(29(31)38)24-3-1-4-27-28(24)25(15-39)32(40)49-27)33(43-34)45-18-23-5-9-36(19-45,44-23)22-6-11-47-12-7-22/h1,3-4,14,16,22-23,44H,2,5-13,17-20,40H2/b21-14-/t23-,35-,36+/m0/s1. The van der Waals surface area contributed by atoms with Gasteiger partial charge in [0.1, 0.15) is 34.7 Å². The molecule has 5 aliphatic rings. The van der Waals surface area contributed by atoms with Crippen molar-refractivity contribution in [3.8, 4) is 23.3 Å². The van der Waals surface area contributed by atoms with Crippen molar-refractivity contribution in [2.45, 2.75) is 62.1 Å². The number of piperazine rings is 1. The molecule has 0 radical (unpaired) electrons. The summed E-state index contributed by atoms with van der Waals surface area (Å²) in [4.78, 5) is 19.0. The molecule has 9 rings (SSSR count). The number of pyridine rings is 1. The summed E-state index contributed by atoms with van der Waals surface area (Å²) in [5.41, 5.74) is 7.56. The van der Waals surface area contributed by atoms with Crippen LogP contribution in [0.1, 0.15) is 50.5 Å². The van der Waals surface area contributed by atoms with Crippen LogP contribution < -0.4 is 20.7 Å². The van der Waals surface area contributed by atoms with Crippen LogP contribution in [0.5, 0.6) is 6.01 Å². The van der Waals surface area contributed by atoms with Crippen molar-refractivity contribution in [3.05, 3.63) is 47.7 Å². The van der Waals surface area contributed by atoms with Gasteiger partial charge < -0.3 is 25.4 Å². The largest absolute Gasteiger partial charge is 0.461 e. The molecule has 5 saturated heterocycles. The number of benzene rings is 1. The average Bonchev–Trinajstić information content (AvgIpc) is 3.86. The van der Waals surface area contributed by atoms with Crippen LogP contribution in [0.2, 0.25) is 0 Å². The highest BCUT2D eigenvalue weighted by atomic mass is 32.1. The second-order valence-corrected chi connectivity index (χ2v) is 15.5. The lowest BCUT2D eigenvalue weighted by atomic mass is 9.77. The molecule has 0 saturated carbocycles. The minimum atomic E-state index is -0.603. The van der Waals surface area contributed by atoms with Crippen molar-refractivity contribution < 1.29 is 18.3 Å². The van der Waals surface area contributed by atoms with Gasteiger partial charge in [0.05, 0.1) is 22.8 Å². The van der Waals surface area contributed by atoms with Gasteiger partial charge in [0.15, 0.2) is 5.82 Å².